The first-order valence-electron chi connectivity index (χ1n) is 5.77. The largest absolute Gasteiger partial charge is 0.496 e. The summed E-state index contributed by atoms with van der Waals surface area (Å²) in [6.45, 7) is 2.01. The maximum Gasteiger partial charge on any atom is 0.340 e. The van der Waals surface area contributed by atoms with E-state index in [0.717, 1.165) is 0 Å². The fourth-order valence-corrected chi connectivity index (χ4v) is 1.75. The molecule has 0 fully saturated rings. The van der Waals surface area contributed by atoms with Gasteiger partial charge in [0.15, 0.2) is 0 Å². The van der Waals surface area contributed by atoms with Gasteiger partial charge in [-0.05, 0) is 19.1 Å². The lowest BCUT2D eigenvalue weighted by atomic mass is 10.1. The Morgan fingerprint density at radius 1 is 1.37 bits per heavy atom. The normalized spacial score (nSPS) is 13.8. The number of nitrogens with two attached hydrogens (primary N) is 1. The zero-order valence-electron chi connectivity index (χ0n) is 10.7. The highest BCUT2D eigenvalue weighted by Crippen LogP contribution is 2.35. The molecule has 0 saturated carbocycles. The Hall–Kier alpha value is -2.37. The summed E-state index contributed by atoms with van der Waals surface area (Å²) >= 11 is 0. The van der Waals surface area contributed by atoms with Gasteiger partial charge >= 0.3 is 5.97 Å². The SMILES string of the molecule is CCOC(=O)c1cc(OC)c(C2OC=CO2)cc1N. The van der Waals surface area contributed by atoms with Gasteiger partial charge in [0, 0.05) is 5.69 Å². The molecule has 2 rings (SSSR count). The number of ether oxygens (including phenoxy) is 4. The molecule has 102 valence electrons. The van der Waals surface area contributed by atoms with Crippen LogP contribution in [0.1, 0.15) is 29.1 Å². The average molecular weight is 265 g/mol. The lowest BCUT2D eigenvalue weighted by Gasteiger charge is -2.16. The smallest absolute Gasteiger partial charge is 0.340 e. The summed E-state index contributed by atoms with van der Waals surface area (Å²) in [6, 6.07) is 3.11. The van der Waals surface area contributed by atoms with Crippen molar-refractivity contribution in [2.24, 2.45) is 0 Å². The van der Waals surface area contributed by atoms with Gasteiger partial charge in [-0.2, -0.15) is 0 Å². The molecule has 0 atom stereocenters. The van der Waals surface area contributed by atoms with E-state index in [0.29, 0.717) is 11.3 Å². The van der Waals surface area contributed by atoms with Crippen molar-refractivity contribution in [2.45, 2.75) is 13.2 Å². The van der Waals surface area contributed by atoms with Gasteiger partial charge in [-0.3, -0.25) is 0 Å². The zero-order chi connectivity index (χ0) is 13.8. The van der Waals surface area contributed by atoms with Crippen molar-refractivity contribution < 1.29 is 23.7 Å². The summed E-state index contributed by atoms with van der Waals surface area (Å²) in [4.78, 5) is 11.7. The van der Waals surface area contributed by atoms with Crippen LogP contribution in [-0.4, -0.2) is 19.7 Å². The molecule has 6 heteroatoms. The molecular formula is C13H15NO5. The van der Waals surface area contributed by atoms with Gasteiger partial charge in [0.05, 0.1) is 24.8 Å². The van der Waals surface area contributed by atoms with Crippen molar-refractivity contribution in [1.29, 1.82) is 0 Å². The van der Waals surface area contributed by atoms with Crippen molar-refractivity contribution in [1.82, 2.24) is 0 Å². The molecule has 0 radical (unpaired) electrons. The minimum Gasteiger partial charge on any atom is -0.496 e. The Labute approximate surface area is 110 Å². The second kappa shape index (κ2) is 5.51. The fourth-order valence-electron chi connectivity index (χ4n) is 1.75. The minimum atomic E-state index is -0.617. The predicted octanol–water partition coefficient (Wildman–Crippen LogP) is 1.97. The van der Waals surface area contributed by atoms with E-state index in [1.807, 2.05) is 0 Å². The van der Waals surface area contributed by atoms with Crippen LogP contribution in [0.2, 0.25) is 0 Å². The van der Waals surface area contributed by atoms with Gasteiger partial charge in [-0.25, -0.2) is 4.79 Å². The Bertz CT molecular complexity index is 504. The van der Waals surface area contributed by atoms with Gasteiger partial charge < -0.3 is 24.7 Å². The second-order valence-corrected chi connectivity index (χ2v) is 3.78. The van der Waals surface area contributed by atoms with E-state index in [1.54, 1.807) is 13.0 Å². The summed E-state index contributed by atoms with van der Waals surface area (Å²) in [7, 11) is 1.49. The minimum absolute atomic E-state index is 0.258. The molecule has 0 spiro atoms. The van der Waals surface area contributed by atoms with Crippen LogP contribution in [0.5, 0.6) is 5.75 Å². The number of rotatable bonds is 4. The van der Waals surface area contributed by atoms with Crippen molar-refractivity contribution in [3.63, 3.8) is 0 Å². The lowest BCUT2D eigenvalue weighted by Crippen LogP contribution is -2.11. The molecule has 2 N–H and O–H groups in total. The van der Waals surface area contributed by atoms with Crippen molar-refractivity contribution >= 4 is 11.7 Å². The number of hydrogen-bond acceptors (Lipinski definition) is 6. The summed E-state index contributed by atoms with van der Waals surface area (Å²) in [5, 5.41) is 0. The highest BCUT2D eigenvalue weighted by molar-refractivity contribution is 5.95. The second-order valence-electron chi connectivity index (χ2n) is 3.78. The number of carbonyl (C=O) groups excluding carboxylic acids is 1. The third-order valence-electron chi connectivity index (χ3n) is 2.61. The summed E-state index contributed by atoms with van der Waals surface area (Å²) < 4.78 is 20.6. The third kappa shape index (κ3) is 2.57. The summed E-state index contributed by atoms with van der Waals surface area (Å²) in [5.74, 6) is -0.0396. The van der Waals surface area contributed by atoms with Crippen molar-refractivity contribution in [3.8, 4) is 5.75 Å². The molecule has 1 aromatic carbocycles. The molecule has 1 heterocycles. The van der Waals surface area contributed by atoms with Crippen molar-refractivity contribution in [2.75, 3.05) is 19.5 Å². The van der Waals surface area contributed by atoms with Crippen LogP contribution >= 0.6 is 0 Å². The number of methoxy groups -OCH3 is 1. The monoisotopic (exact) mass is 265 g/mol. The van der Waals surface area contributed by atoms with Crippen LogP contribution in [0.15, 0.2) is 24.7 Å². The van der Waals surface area contributed by atoms with Crippen LogP contribution in [0.3, 0.4) is 0 Å². The fraction of sp³-hybridized carbons (Fsp3) is 0.308. The maximum atomic E-state index is 11.7. The summed E-state index contributed by atoms with van der Waals surface area (Å²) in [6.07, 6.45) is 2.24. The Morgan fingerprint density at radius 2 is 2.05 bits per heavy atom. The van der Waals surface area contributed by atoms with E-state index in [9.17, 15) is 4.79 Å². The van der Waals surface area contributed by atoms with Gasteiger partial charge in [-0.15, -0.1) is 0 Å². The molecule has 19 heavy (non-hydrogen) atoms. The van der Waals surface area contributed by atoms with Crippen LogP contribution in [-0.2, 0) is 14.2 Å². The molecule has 0 aliphatic carbocycles. The molecule has 6 nitrogen and oxygen atoms in total. The van der Waals surface area contributed by atoms with Crippen LogP contribution in [0.4, 0.5) is 5.69 Å². The van der Waals surface area contributed by atoms with Crippen LogP contribution < -0.4 is 10.5 Å². The molecule has 1 aliphatic rings. The van der Waals surface area contributed by atoms with Crippen molar-refractivity contribution in [3.05, 3.63) is 35.8 Å². The van der Waals surface area contributed by atoms with E-state index >= 15 is 0 Å². The Balaban J connectivity index is 2.37. The predicted molar refractivity (Wildman–Crippen MR) is 67.4 cm³/mol. The number of benzene rings is 1. The molecule has 0 amide bonds. The molecule has 0 unspecified atom stereocenters. The van der Waals surface area contributed by atoms with Gasteiger partial charge in [0.25, 0.3) is 6.29 Å². The standard InChI is InChI=1S/C13H15NO5/c1-3-17-12(15)8-7-11(16-2)9(6-10(8)14)13-18-4-5-19-13/h4-7,13H,3,14H2,1-2H3. The summed E-state index contributed by atoms with van der Waals surface area (Å²) in [5.41, 5.74) is 7.01. The molecule has 0 bridgehead atoms. The number of esters is 1. The number of carbonyl (C=O) groups is 1. The molecule has 1 aliphatic heterocycles. The number of hydrogen-bond donors (Lipinski definition) is 1. The number of anilines is 1. The first-order chi connectivity index (χ1) is 9.17. The average Bonchev–Trinajstić information content (AvgIpc) is 2.92. The van der Waals surface area contributed by atoms with Crippen LogP contribution in [0, 0.1) is 0 Å². The van der Waals surface area contributed by atoms with Crippen LogP contribution in [0.25, 0.3) is 0 Å². The number of nitrogen functional groups attached to an aromatic ring is 1. The molecular weight excluding hydrogens is 250 g/mol. The molecule has 0 saturated heterocycles. The lowest BCUT2D eigenvalue weighted by molar-refractivity contribution is -0.0261. The Kier molecular flexibility index (Phi) is 3.79. The zero-order valence-corrected chi connectivity index (χ0v) is 10.7. The highest BCUT2D eigenvalue weighted by Gasteiger charge is 2.24. The highest BCUT2D eigenvalue weighted by atomic mass is 16.7. The van der Waals surface area contributed by atoms with Gasteiger partial charge in [0.1, 0.15) is 18.3 Å². The van der Waals surface area contributed by atoms with E-state index < -0.39 is 12.3 Å². The van der Waals surface area contributed by atoms with E-state index in [4.69, 9.17) is 24.7 Å². The quantitative estimate of drug-likeness (QED) is 0.662. The van der Waals surface area contributed by atoms with Gasteiger partial charge in [0.2, 0.25) is 0 Å². The molecule has 1 aromatic rings. The van der Waals surface area contributed by atoms with E-state index in [1.165, 1.54) is 25.7 Å². The Morgan fingerprint density at radius 3 is 2.63 bits per heavy atom. The third-order valence-corrected chi connectivity index (χ3v) is 2.61. The maximum absolute atomic E-state index is 11.7. The molecule has 0 aromatic heterocycles. The first-order valence-corrected chi connectivity index (χ1v) is 5.77. The van der Waals surface area contributed by atoms with Gasteiger partial charge in [-0.1, -0.05) is 0 Å². The van der Waals surface area contributed by atoms with E-state index in [-0.39, 0.29) is 17.9 Å². The topological polar surface area (TPSA) is 80.0 Å². The first kappa shape index (κ1) is 13.1. The van der Waals surface area contributed by atoms with E-state index in [2.05, 4.69) is 0 Å².